The van der Waals surface area contributed by atoms with Crippen molar-refractivity contribution in [2.45, 2.75) is 38.1 Å². The summed E-state index contributed by atoms with van der Waals surface area (Å²) in [5.74, 6) is 0.477. The van der Waals surface area contributed by atoms with Crippen LogP contribution in [0, 0.1) is 20.8 Å². The zero-order chi connectivity index (χ0) is 17.3. The Labute approximate surface area is 144 Å². The van der Waals surface area contributed by atoms with Crippen LogP contribution in [0.4, 0.5) is 5.69 Å². The van der Waals surface area contributed by atoms with Crippen LogP contribution < -0.4 is 5.32 Å². The van der Waals surface area contributed by atoms with Crippen molar-refractivity contribution >= 4 is 29.1 Å². The lowest BCUT2D eigenvalue weighted by Crippen LogP contribution is -2.22. The first kappa shape index (κ1) is 16.4. The molecule has 124 valence electrons. The summed E-state index contributed by atoms with van der Waals surface area (Å²) < 4.78 is 1.69. The summed E-state index contributed by atoms with van der Waals surface area (Å²) in [6.07, 6.45) is 0. The Morgan fingerprint density at radius 3 is 2.58 bits per heavy atom. The third kappa shape index (κ3) is 3.56. The standard InChI is InChI=1S/C17H19N5OS/c1-10-5-7-14(8-6-10)19-15(23)13(4)24-17-20-16-18-11(2)9-12(3)22(16)21-17/h5-9,13H,1-4H3,(H,19,23)/t13-/m0/s1. The molecular formula is C17H19N5OS. The Kier molecular flexibility index (Phi) is 4.53. The van der Waals surface area contributed by atoms with Crippen molar-refractivity contribution in [2.24, 2.45) is 0 Å². The van der Waals surface area contributed by atoms with E-state index in [0.29, 0.717) is 10.9 Å². The molecule has 0 aliphatic rings. The predicted molar refractivity (Wildman–Crippen MR) is 95.4 cm³/mol. The molecule has 2 heterocycles. The Morgan fingerprint density at radius 1 is 1.17 bits per heavy atom. The first-order valence-corrected chi connectivity index (χ1v) is 8.55. The smallest absolute Gasteiger partial charge is 0.253 e. The molecule has 0 aliphatic carbocycles. The highest BCUT2D eigenvalue weighted by atomic mass is 32.2. The Balaban J connectivity index is 1.72. The van der Waals surface area contributed by atoms with Gasteiger partial charge in [-0.05, 0) is 45.9 Å². The minimum Gasteiger partial charge on any atom is -0.325 e. The van der Waals surface area contributed by atoms with Crippen molar-refractivity contribution in [1.29, 1.82) is 0 Å². The van der Waals surface area contributed by atoms with Crippen LogP contribution in [0.5, 0.6) is 0 Å². The number of anilines is 1. The van der Waals surface area contributed by atoms with E-state index in [4.69, 9.17) is 0 Å². The number of aromatic nitrogens is 4. The van der Waals surface area contributed by atoms with Crippen LogP contribution in [0.15, 0.2) is 35.5 Å². The van der Waals surface area contributed by atoms with Crippen molar-refractivity contribution < 1.29 is 4.79 Å². The number of carbonyl (C=O) groups is 1. The molecule has 0 saturated heterocycles. The van der Waals surface area contributed by atoms with Gasteiger partial charge in [0, 0.05) is 17.1 Å². The normalized spacial score (nSPS) is 12.3. The molecule has 0 bridgehead atoms. The molecule has 6 nitrogen and oxygen atoms in total. The average molecular weight is 341 g/mol. The van der Waals surface area contributed by atoms with E-state index in [1.165, 1.54) is 11.8 Å². The molecule has 3 aromatic rings. The number of fused-ring (bicyclic) bond motifs is 1. The minimum atomic E-state index is -0.315. The number of nitrogens with one attached hydrogen (secondary N) is 1. The molecule has 0 spiro atoms. The lowest BCUT2D eigenvalue weighted by atomic mass is 10.2. The van der Waals surface area contributed by atoms with E-state index < -0.39 is 0 Å². The number of rotatable bonds is 4. The van der Waals surface area contributed by atoms with Crippen molar-refractivity contribution in [3.63, 3.8) is 0 Å². The van der Waals surface area contributed by atoms with Gasteiger partial charge in [-0.25, -0.2) is 9.50 Å². The van der Waals surface area contributed by atoms with Gasteiger partial charge in [0.05, 0.1) is 5.25 Å². The van der Waals surface area contributed by atoms with E-state index >= 15 is 0 Å². The van der Waals surface area contributed by atoms with E-state index in [0.717, 1.165) is 22.6 Å². The van der Waals surface area contributed by atoms with Gasteiger partial charge < -0.3 is 5.32 Å². The molecule has 0 saturated carbocycles. The Morgan fingerprint density at radius 2 is 1.88 bits per heavy atom. The SMILES string of the molecule is Cc1ccc(NC(=O)[C@H](C)Sc2nc3nc(C)cc(C)n3n2)cc1. The predicted octanol–water partition coefficient (Wildman–Crippen LogP) is 3.17. The zero-order valence-electron chi connectivity index (χ0n) is 14.1. The summed E-state index contributed by atoms with van der Waals surface area (Å²) in [6, 6.07) is 9.67. The summed E-state index contributed by atoms with van der Waals surface area (Å²) in [6.45, 7) is 7.73. The number of thioether (sulfide) groups is 1. The van der Waals surface area contributed by atoms with Crippen LogP contribution >= 0.6 is 11.8 Å². The molecule has 1 amide bonds. The summed E-state index contributed by atoms with van der Waals surface area (Å²) in [7, 11) is 0. The summed E-state index contributed by atoms with van der Waals surface area (Å²) in [5.41, 5.74) is 3.80. The van der Waals surface area contributed by atoms with Crippen LogP contribution in [0.2, 0.25) is 0 Å². The van der Waals surface area contributed by atoms with E-state index in [2.05, 4.69) is 20.4 Å². The molecule has 7 heteroatoms. The maximum atomic E-state index is 12.3. The van der Waals surface area contributed by atoms with Crippen LogP contribution in [0.1, 0.15) is 23.9 Å². The molecule has 24 heavy (non-hydrogen) atoms. The zero-order valence-corrected chi connectivity index (χ0v) is 14.9. The van der Waals surface area contributed by atoms with Crippen molar-refractivity contribution in [3.8, 4) is 0 Å². The van der Waals surface area contributed by atoms with E-state index in [9.17, 15) is 4.79 Å². The lowest BCUT2D eigenvalue weighted by Gasteiger charge is -2.10. The quantitative estimate of drug-likeness (QED) is 0.738. The summed E-state index contributed by atoms with van der Waals surface area (Å²) in [5, 5.41) is 7.56. The van der Waals surface area contributed by atoms with Gasteiger partial charge >= 0.3 is 0 Å². The molecule has 1 N–H and O–H groups in total. The highest BCUT2D eigenvalue weighted by Gasteiger charge is 2.18. The maximum absolute atomic E-state index is 12.3. The largest absolute Gasteiger partial charge is 0.325 e. The molecule has 0 aliphatic heterocycles. The first-order valence-electron chi connectivity index (χ1n) is 7.67. The van der Waals surface area contributed by atoms with Crippen molar-refractivity contribution in [2.75, 3.05) is 5.32 Å². The van der Waals surface area contributed by atoms with Crippen molar-refractivity contribution in [1.82, 2.24) is 19.6 Å². The van der Waals surface area contributed by atoms with Gasteiger partial charge in [-0.15, -0.1) is 5.10 Å². The number of nitrogens with zero attached hydrogens (tertiary/aromatic N) is 4. The second-order valence-corrected chi connectivity index (χ2v) is 7.07. The fraction of sp³-hybridized carbons (Fsp3) is 0.294. The minimum absolute atomic E-state index is 0.0800. The third-order valence-corrected chi connectivity index (χ3v) is 4.52. The van der Waals surface area contributed by atoms with Crippen LogP contribution in [0.3, 0.4) is 0 Å². The topological polar surface area (TPSA) is 72.2 Å². The number of hydrogen-bond acceptors (Lipinski definition) is 5. The second-order valence-electron chi connectivity index (χ2n) is 5.76. The van der Waals surface area contributed by atoms with Gasteiger partial charge in [-0.3, -0.25) is 4.79 Å². The van der Waals surface area contributed by atoms with Gasteiger partial charge in [-0.2, -0.15) is 4.98 Å². The molecule has 1 atom stereocenters. The number of carbonyl (C=O) groups excluding carboxylic acids is 1. The van der Waals surface area contributed by atoms with Gasteiger partial charge in [0.2, 0.25) is 11.1 Å². The monoisotopic (exact) mass is 341 g/mol. The molecule has 0 fully saturated rings. The Bertz CT molecular complexity index is 888. The van der Waals surface area contributed by atoms with Crippen LogP contribution in [-0.4, -0.2) is 30.7 Å². The Hall–Kier alpha value is -2.41. The van der Waals surface area contributed by atoms with E-state index in [1.807, 2.05) is 58.0 Å². The van der Waals surface area contributed by atoms with Crippen molar-refractivity contribution in [3.05, 3.63) is 47.3 Å². The van der Waals surface area contributed by atoms with Gasteiger partial charge in [-0.1, -0.05) is 29.5 Å². The fourth-order valence-corrected chi connectivity index (χ4v) is 3.04. The number of aryl methyl sites for hydroxylation is 3. The maximum Gasteiger partial charge on any atom is 0.253 e. The second kappa shape index (κ2) is 6.60. The molecule has 0 unspecified atom stereocenters. The lowest BCUT2D eigenvalue weighted by molar-refractivity contribution is -0.115. The van der Waals surface area contributed by atoms with Crippen LogP contribution in [0.25, 0.3) is 5.78 Å². The van der Waals surface area contributed by atoms with E-state index in [-0.39, 0.29) is 11.2 Å². The molecule has 1 aromatic carbocycles. The van der Waals surface area contributed by atoms with Gasteiger partial charge in [0.15, 0.2) is 0 Å². The molecule has 3 rings (SSSR count). The molecule has 2 aromatic heterocycles. The summed E-state index contributed by atoms with van der Waals surface area (Å²) in [4.78, 5) is 21.1. The van der Waals surface area contributed by atoms with E-state index in [1.54, 1.807) is 4.52 Å². The highest BCUT2D eigenvalue weighted by Crippen LogP contribution is 2.22. The molecule has 0 radical (unpaired) electrons. The molecular weight excluding hydrogens is 322 g/mol. The van der Waals surface area contributed by atoms with Gasteiger partial charge in [0.1, 0.15) is 0 Å². The first-order chi connectivity index (χ1) is 11.4. The average Bonchev–Trinajstić information content (AvgIpc) is 2.92. The third-order valence-electron chi connectivity index (χ3n) is 3.57. The number of benzene rings is 1. The van der Waals surface area contributed by atoms with Crippen LogP contribution in [-0.2, 0) is 4.79 Å². The number of amides is 1. The fourth-order valence-electron chi connectivity index (χ4n) is 2.29. The summed E-state index contributed by atoms with van der Waals surface area (Å²) >= 11 is 1.32. The number of hydrogen-bond donors (Lipinski definition) is 1. The highest BCUT2D eigenvalue weighted by molar-refractivity contribution is 8.00. The van der Waals surface area contributed by atoms with Gasteiger partial charge in [0.25, 0.3) is 5.78 Å².